The number of carbonyl (C=O) groups excluding carboxylic acids is 1. The lowest BCUT2D eigenvalue weighted by Gasteiger charge is -2.11. The summed E-state index contributed by atoms with van der Waals surface area (Å²) in [6.45, 7) is 8.07. The summed E-state index contributed by atoms with van der Waals surface area (Å²) >= 11 is 0. The van der Waals surface area contributed by atoms with Crippen molar-refractivity contribution >= 4 is 5.78 Å². The van der Waals surface area contributed by atoms with Gasteiger partial charge in [0.15, 0.2) is 5.78 Å². The molecule has 0 saturated heterocycles. The number of hydrogen-bond acceptors (Lipinski definition) is 2. The summed E-state index contributed by atoms with van der Waals surface area (Å²) in [5.74, 6) is 0.267. The molecule has 0 fully saturated rings. The zero-order valence-corrected chi connectivity index (χ0v) is 7.18. The highest BCUT2D eigenvalue weighted by atomic mass is 16.5. The average Bonchev–Trinajstić information content (AvgIpc) is 1.87. The Morgan fingerprint density at radius 3 is 2.20 bits per heavy atom. The molecule has 0 heterocycles. The molecule has 1 atom stereocenters. The van der Waals surface area contributed by atoms with Crippen LogP contribution in [-0.4, -0.2) is 18.5 Å². The molecule has 0 radical (unpaired) electrons. The Hall–Kier alpha value is -0.370. The molecule has 0 N–H and O–H groups in total. The molecule has 60 valence electrons. The van der Waals surface area contributed by atoms with E-state index in [4.69, 9.17) is 4.74 Å². The lowest BCUT2D eigenvalue weighted by atomic mass is 10.1. The molecule has 0 aromatic carbocycles. The first kappa shape index (κ1) is 9.63. The van der Waals surface area contributed by atoms with Crippen LogP contribution in [0.4, 0.5) is 0 Å². The van der Waals surface area contributed by atoms with E-state index in [0.717, 1.165) is 0 Å². The van der Waals surface area contributed by atoms with Crippen LogP contribution < -0.4 is 0 Å². The molecular weight excluding hydrogens is 128 g/mol. The van der Waals surface area contributed by atoms with Gasteiger partial charge in [0.1, 0.15) is 6.10 Å². The lowest BCUT2D eigenvalue weighted by Crippen LogP contribution is -2.24. The first-order valence-corrected chi connectivity index (χ1v) is 3.75. The standard InChI is InChI=1S/C8H16O2/c1-5-10-7(4)8(9)6(2)3/h6-7H,5H2,1-4H3/t7-/m1/s1. The molecule has 0 aliphatic heterocycles. The minimum Gasteiger partial charge on any atom is -0.371 e. The van der Waals surface area contributed by atoms with Crippen molar-refractivity contribution in [2.45, 2.75) is 33.8 Å². The second kappa shape index (κ2) is 4.45. The van der Waals surface area contributed by atoms with E-state index in [1.165, 1.54) is 0 Å². The normalized spacial score (nSPS) is 13.7. The topological polar surface area (TPSA) is 26.3 Å². The molecule has 0 amide bonds. The van der Waals surface area contributed by atoms with Crippen molar-refractivity contribution in [3.63, 3.8) is 0 Å². The Morgan fingerprint density at radius 1 is 1.40 bits per heavy atom. The number of rotatable bonds is 4. The van der Waals surface area contributed by atoms with Crippen LogP contribution in [0.25, 0.3) is 0 Å². The molecule has 10 heavy (non-hydrogen) atoms. The van der Waals surface area contributed by atoms with E-state index in [2.05, 4.69) is 0 Å². The van der Waals surface area contributed by atoms with E-state index in [0.29, 0.717) is 6.61 Å². The molecule has 2 nitrogen and oxygen atoms in total. The van der Waals surface area contributed by atoms with Gasteiger partial charge in [-0.25, -0.2) is 0 Å². The molecule has 0 saturated carbocycles. The molecule has 0 spiro atoms. The third-order valence-corrected chi connectivity index (χ3v) is 1.39. The summed E-state index contributed by atoms with van der Waals surface area (Å²) in [5, 5.41) is 0. The predicted molar refractivity (Wildman–Crippen MR) is 40.9 cm³/mol. The smallest absolute Gasteiger partial charge is 0.163 e. The van der Waals surface area contributed by atoms with Crippen LogP contribution in [0.1, 0.15) is 27.7 Å². The monoisotopic (exact) mass is 144 g/mol. The van der Waals surface area contributed by atoms with Gasteiger partial charge in [0, 0.05) is 12.5 Å². The van der Waals surface area contributed by atoms with Gasteiger partial charge < -0.3 is 4.74 Å². The fourth-order valence-corrected chi connectivity index (χ4v) is 0.802. The minimum absolute atomic E-state index is 0.0848. The van der Waals surface area contributed by atoms with E-state index in [1.807, 2.05) is 20.8 Å². The SMILES string of the molecule is CCO[C@H](C)C(=O)C(C)C. The van der Waals surface area contributed by atoms with E-state index < -0.39 is 0 Å². The predicted octanol–water partition coefficient (Wildman–Crippen LogP) is 1.64. The first-order valence-electron chi connectivity index (χ1n) is 3.75. The number of carbonyl (C=O) groups is 1. The highest BCUT2D eigenvalue weighted by molar-refractivity contribution is 5.84. The minimum atomic E-state index is -0.231. The van der Waals surface area contributed by atoms with E-state index in [1.54, 1.807) is 6.92 Å². The van der Waals surface area contributed by atoms with E-state index >= 15 is 0 Å². The summed E-state index contributed by atoms with van der Waals surface area (Å²) in [5.41, 5.74) is 0. The van der Waals surface area contributed by atoms with Gasteiger partial charge in [0.05, 0.1) is 0 Å². The average molecular weight is 144 g/mol. The fraction of sp³-hybridized carbons (Fsp3) is 0.875. The van der Waals surface area contributed by atoms with Crippen molar-refractivity contribution in [1.29, 1.82) is 0 Å². The summed E-state index contributed by atoms with van der Waals surface area (Å²) in [6, 6.07) is 0. The Bertz CT molecular complexity index is 108. The Labute approximate surface area is 62.6 Å². The number of Topliss-reactive ketones (excluding diaryl/α,β-unsaturated/α-hetero) is 1. The van der Waals surface area contributed by atoms with Crippen LogP contribution in [-0.2, 0) is 9.53 Å². The third kappa shape index (κ3) is 2.97. The highest BCUT2D eigenvalue weighted by Crippen LogP contribution is 2.02. The molecule has 0 unspecified atom stereocenters. The first-order chi connectivity index (χ1) is 4.59. The van der Waals surface area contributed by atoms with Crippen LogP contribution in [0.15, 0.2) is 0 Å². The van der Waals surface area contributed by atoms with Gasteiger partial charge in [0.2, 0.25) is 0 Å². The maximum Gasteiger partial charge on any atom is 0.163 e. The summed E-state index contributed by atoms with van der Waals surface area (Å²) < 4.78 is 5.12. The van der Waals surface area contributed by atoms with Gasteiger partial charge in [-0.1, -0.05) is 13.8 Å². The largest absolute Gasteiger partial charge is 0.371 e. The van der Waals surface area contributed by atoms with E-state index in [-0.39, 0.29) is 17.8 Å². The summed E-state index contributed by atoms with van der Waals surface area (Å²) in [6.07, 6.45) is -0.231. The van der Waals surface area contributed by atoms with Gasteiger partial charge in [-0.15, -0.1) is 0 Å². The van der Waals surface area contributed by atoms with Gasteiger partial charge in [-0.3, -0.25) is 4.79 Å². The lowest BCUT2D eigenvalue weighted by molar-refractivity contribution is -0.132. The van der Waals surface area contributed by atoms with Crippen LogP contribution >= 0.6 is 0 Å². The second-order valence-corrected chi connectivity index (χ2v) is 2.65. The quantitative estimate of drug-likeness (QED) is 0.599. The molecule has 0 rings (SSSR count). The van der Waals surface area contributed by atoms with Crippen LogP contribution in [0.3, 0.4) is 0 Å². The van der Waals surface area contributed by atoms with Crippen molar-refractivity contribution in [3.05, 3.63) is 0 Å². The van der Waals surface area contributed by atoms with E-state index in [9.17, 15) is 4.79 Å². The van der Waals surface area contributed by atoms with Crippen molar-refractivity contribution < 1.29 is 9.53 Å². The van der Waals surface area contributed by atoms with Crippen molar-refractivity contribution in [3.8, 4) is 0 Å². The molecule has 0 aromatic heterocycles. The Kier molecular flexibility index (Phi) is 4.28. The fourth-order valence-electron chi connectivity index (χ4n) is 0.802. The van der Waals surface area contributed by atoms with Crippen LogP contribution in [0, 0.1) is 5.92 Å². The molecule has 0 aliphatic rings. The second-order valence-electron chi connectivity index (χ2n) is 2.65. The molecular formula is C8H16O2. The molecule has 0 aliphatic carbocycles. The van der Waals surface area contributed by atoms with Crippen molar-refractivity contribution in [2.24, 2.45) is 5.92 Å². The zero-order valence-electron chi connectivity index (χ0n) is 7.18. The van der Waals surface area contributed by atoms with Gasteiger partial charge in [0.25, 0.3) is 0 Å². The maximum atomic E-state index is 11.1. The highest BCUT2D eigenvalue weighted by Gasteiger charge is 2.15. The maximum absolute atomic E-state index is 11.1. The van der Waals surface area contributed by atoms with Crippen LogP contribution in [0.5, 0.6) is 0 Å². The third-order valence-electron chi connectivity index (χ3n) is 1.39. The molecule has 0 bridgehead atoms. The van der Waals surface area contributed by atoms with Gasteiger partial charge in [-0.05, 0) is 13.8 Å². The number of hydrogen-bond donors (Lipinski definition) is 0. The van der Waals surface area contributed by atoms with Gasteiger partial charge in [-0.2, -0.15) is 0 Å². The zero-order chi connectivity index (χ0) is 8.15. The van der Waals surface area contributed by atoms with Crippen molar-refractivity contribution in [2.75, 3.05) is 6.61 Å². The number of ether oxygens (including phenoxy) is 1. The van der Waals surface area contributed by atoms with Crippen LogP contribution in [0.2, 0.25) is 0 Å². The van der Waals surface area contributed by atoms with Crippen molar-refractivity contribution in [1.82, 2.24) is 0 Å². The Balaban J connectivity index is 3.71. The van der Waals surface area contributed by atoms with Gasteiger partial charge >= 0.3 is 0 Å². The number of ketones is 1. The summed E-state index contributed by atoms with van der Waals surface area (Å²) in [4.78, 5) is 11.1. The summed E-state index contributed by atoms with van der Waals surface area (Å²) in [7, 11) is 0. The molecule has 0 aromatic rings. The Morgan fingerprint density at radius 2 is 1.90 bits per heavy atom. The molecule has 2 heteroatoms.